The minimum atomic E-state index is -2.20. The maximum absolute atomic E-state index is 14.4. The number of carbonyl (C=O) groups is 1. The van der Waals surface area contributed by atoms with Crippen LogP contribution in [0.2, 0.25) is 0 Å². The van der Waals surface area contributed by atoms with Gasteiger partial charge in [-0.1, -0.05) is 43.7 Å². The third kappa shape index (κ3) is 3.68. The van der Waals surface area contributed by atoms with E-state index in [4.69, 9.17) is 5.73 Å². The Morgan fingerprint density at radius 1 is 1.67 bits per heavy atom. The summed E-state index contributed by atoms with van der Waals surface area (Å²) >= 11 is 0. The van der Waals surface area contributed by atoms with Crippen LogP contribution in [-0.4, -0.2) is 17.2 Å². The van der Waals surface area contributed by atoms with Gasteiger partial charge in [0.05, 0.1) is 5.54 Å². The van der Waals surface area contributed by atoms with Crippen molar-refractivity contribution in [2.24, 2.45) is 5.73 Å². The summed E-state index contributed by atoms with van der Waals surface area (Å²) in [7, 11) is 0. The molecule has 1 aliphatic rings. The monoisotopic (exact) mass is 274 g/mol. The number of alkyl halides is 1. The van der Waals surface area contributed by atoms with Crippen LogP contribution in [0.5, 0.6) is 0 Å². The molecule has 0 spiro atoms. The van der Waals surface area contributed by atoms with Gasteiger partial charge in [0.1, 0.15) is 0 Å². The average Bonchev–Trinajstić information content (AvgIpc) is 2.30. The van der Waals surface area contributed by atoms with Crippen LogP contribution in [-0.2, 0) is 4.79 Å². The van der Waals surface area contributed by atoms with Crippen molar-refractivity contribution in [3.63, 3.8) is 0 Å². The zero-order valence-electron chi connectivity index (χ0n) is 10.5. The summed E-state index contributed by atoms with van der Waals surface area (Å²) in [6, 6.07) is 0. The van der Waals surface area contributed by atoms with Crippen molar-refractivity contribution in [3.05, 3.63) is 37.0 Å². The van der Waals surface area contributed by atoms with Gasteiger partial charge < -0.3 is 5.73 Å². The summed E-state index contributed by atoms with van der Waals surface area (Å²) in [6.07, 6.45) is 10.1. The largest absolute Gasteiger partial charge is 0.366 e. The molecule has 0 saturated heterocycles. The van der Waals surface area contributed by atoms with Crippen LogP contribution < -0.4 is 11.1 Å². The average molecular weight is 275 g/mol. The molecular formula is C13H20ClFN2O. The number of carbonyl (C=O) groups excluding carboxylic acids is 1. The molecule has 0 aromatic rings. The Morgan fingerprint density at radius 2 is 2.33 bits per heavy atom. The molecule has 0 aromatic carbocycles. The zero-order valence-corrected chi connectivity index (χ0v) is 11.3. The van der Waals surface area contributed by atoms with Gasteiger partial charge in [-0.2, -0.15) is 0 Å². The van der Waals surface area contributed by atoms with E-state index in [9.17, 15) is 9.18 Å². The molecular weight excluding hydrogens is 255 g/mol. The van der Waals surface area contributed by atoms with Gasteiger partial charge in [0.15, 0.2) is 0 Å². The van der Waals surface area contributed by atoms with Gasteiger partial charge in [-0.25, -0.2) is 4.39 Å². The van der Waals surface area contributed by atoms with E-state index in [1.807, 2.05) is 12.2 Å². The lowest BCUT2D eigenvalue weighted by Gasteiger charge is -2.36. The lowest BCUT2D eigenvalue weighted by molar-refractivity contribution is -0.133. The number of primary amides is 1. The summed E-state index contributed by atoms with van der Waals surface area (Å²) in [6.45, 7) is 5.50. The first-order valence-electron chi connectivity index (χ1n) is 5.74. The molecule has 0 heterocycles. The van der Waals surface area contributed by atoms with Gasteiger partial charge in [0, 0.05) is 6.42 Å². The predicted molar refractivity (Wildman–Crippen MR) is 74.2 cm³/mol. The van der Waals surface area contributed by atoms with Crippen LogP contribution in [0, 0.1) is 0 Å². The number of rotatable bonds is 6. The minimum Gasteiger partial charge on any atom is -0.366 e. The molecule has 2 atom stereocenters. The second-order valence-electron chi connectivity index (χ2n) is 4.28. The number of nitrogens with one attached hydrogen (secondary N) is 1. The lowest BCUT2D eigenvalue weighted by atomic mass is 9.89. The zero-order chi connectivity index (χ0) is 12.9. The quantitative estimate of drug-likeness (QED) is 0.577. The third-order valence-electron chi connectivity index (χ3n) is 2.88. The van der Waals surface area contributed by atoms with Gasteiger partial charge >= 0.3 is 0 Å². The molecule has 0 fully saturated rings. The number of halogens is 2. The van der Waals surface area contributed by atoms with E-state index in [2.05, 4.69) is 11.9 Å². The van der Waals surface area contributed by atoms with Crippen molar-refractivity contribution in [2.75, 3.05) is 0 Å². The lowest BCUT2D eigenvalue weighted by Crippen LogP contribution is -2.60. The highest BCUT2D eigenvalue weighted by Crippen LogP contribution is 2.26. The second kappa shape index (κ2) is 6.71. The van der Waals surface area contributed by atoms with Crippen LogP contribution >= 0.6 is 12.4 Å². The maximum atomic E-state index is 14.4. The van der Waals surface area contributed by atoms with Gasteiger partial charge in [-0.05, 0) is 6.42 Å². The maximum Gasteiger partial charge on any atom is 0.270 e. The number of allylic oxidation sites excluding steroid dienone is 2. The Hall–Kier alpha value is -1.13. The van der Waals surface area contributed by atoms with E-state index >= 15 is 0 Å². The molecule has 3 nitrogen and oxygen atoms in total. The van der Waals surface area contributed by atoms with E-state index in [0.29, 0.717) is 12.8 Å². The molecule has 18 heavy (non-hydrogen) atoms. The summed E-state index contributed by atoms with van der Waals surface area (Å²) in [5.41, 5.74) is 4.39. The molecule has 5 heteroatoms. The van der Waals surface area contributed by atoms with Crippen molar-refractivity contribution in [1.82, 2.24) is 5.32 Å². The molecule has 1 rings (SSSR count). The van der Waals surface area contributed by atoms with Crippen LogP contribution in [0.1, 0.15) is 26.2 Å². The fourth-order valence-electron chi connectivity index (χ4n) is 1.89. The Kier molecular flexibility index (Phi) is 6.29. The van der Waals surface area contributed by atoms with Crippen molar-refractivity contribution in [1.29, 1.82) is 0 Å². The SMILES string of the molecule is C=C[C@@]1(NC(F)(CCC)C(N)=O)C=CC=CC1.Cl. The first-order chi connectivity index (χ1) is 7.98. The van der Waals surface area contributed by atoms with Crippen LogP contribution in [0.25, 0.3) is 0 Å². The number of nitrogens with two attached hydrogens (primary N) is 1. The molecule has 0 aromatic heterocycles. The second-order valence-corrected chi connectivity index (χ2v) is 4.28. The molecule has 1 amide bonds. The topological polar surface area (TPSA) is 55.1 Å². The molecule has 0 bridgehead atoms. The van der Waals surface area contributed by atoms with E-state index < -0.39 is 17.2 Å². The van der Waals surface area contributed by atoms with Crippen molar-refractivity contribution in [3.8, 4) is 0 Å². The van der Waals surface area contributed by atoms with Crippen LogP contribution in [0.4, 0.5) is 4.39 Å². The van der Waals surface area contributed by atoms with E-state index in [1.54, 1.807) is 25.2 Å². The Bertz CT molecular complexity index is 370. The molecule has 102 valence electrons. The fraction of sp³-hybridized carbons (Fsp3) is 0.462. The highest BCUT2D eigenvalue weighted by molar-refractivity contribution is 5.85. The smallest absolute Gasteiger partial charge is 0.270 e. The summed E-state index contributed by atoms with van der Waals surface area (Å²) < 4.78 is 14.4. The Morgan fingerprint density at radius 3 is 2.72 bits per heavy atom. The van der Waals surface area contributed by atoms with Crippen molar-refractivity contribution < 1.29 is 9.18 Å². The molecule has 0 saturated carbocycles. The summed E-state index contributed by atoms with van der Waals surface area (Å²) in [5, 5.41) is 2.70. The Labute approximate surface area is 113 Å². The molecule has 0 aliphatic heterocycles. The van der Waals surface area contributed by atoms with Gasteiger partial charge in [0.2, 0.25) is 5.79 Å². The molecule has 1 unspecified atom stereocenters. The third-order valence-corrected chi connectivity index (χ3v) is 2.88. The highest BCUT2D eigenvalue weighted by atomic mass is 35.5. The van der Waals surface area contributed by atoms with E-state index in [1.165, 1.54) is 0 Å². The molecule has 1 aliphatic carbocycles. The predicted octanol–water partition coefficient (Wildman–Crippen LogP) is 2.39. The van der Waals surface area contributed by atoms with Gasteiger partial charge in [-0.15, -0.1) is 19.0 Å². The molecule has 0 radical (unpaired) electrons. The van der Waals surface area contributed by atoms with Crippen molar-refractivity contribution >= 4 is 18.3 Å². The van der Waals surface area contributed by atoms with E-state index in [0.717, 1.165) is 0 Å². The summed E-state index contributed by atoms with van der Waals surface area (Å²) in [4.78, 5) is 11.3. The van der Waals surface area contributed by atoms with Crippen LogP contribution in [0.15, 0.2) is 37.0 Å². The van der Waals surface area contributed by atoms with E-state index in [-0.39, 0.29) is 18.8 Å². The summed E-state index contributed by atoms with van der Waals surface area (Å²) in [5.74, 6) is -3.18. The fourth-order valence-corrected chi connectivity index (χ4v) is 1.89. The van der Waals surface area contributed by atoms with Crippen LogP contribution in [0.3, 0.4) is 0 Å². The highest BCUT2D eigenvalue weighted by Gasteiger charge is 2.41. The number of hydrogen-bond donors (Lipinski definition) is 2. The first-order valence-corrected chi connectivity index (χ1v) is 5.74. The number of hydrogen-bond acceptors (Lipinski definition) is 2. The first kappa shape index (κ1) is 16.9. The van der Waals surface area contributed by atoms with Crippen molar-refractivity contribution in [2.45, 2.75) is 37.5 Å². The van der Waals surface area contributed by atoms with Gasteiger partial charge in [-0.3, -0.25) is 10.1 Å². The standard InChI is InChI=1S/C13H19FN2O.ClH/c1-3-8-13(14,11(15)17)16-12(4-2)9-6-5-7-10-12;/h4-7,9,16H,2-3,8,10H2,1H3,(H2,15,17);1H/t12-,13?;/m1./s1. The van der Waals surface area contributed by atoms with Gasteiger partial charge in [0.25, 0.3) is 5.91 Å². The molecule has 3 N–H and O–H groups in total. The normalized spacial score (nSPS) is 25.0. The minimum absolute atomic E-state index is 0. The Balaban J connectivity index is 0.00000289. The number of amides is 1.